The Balaban J connectivity index is 1.51. The summed E-state index contributed by atoms with van der Waals surface area (Å²) in [5.74, 6) is 0.470. The molecule has 0 saturated heterocycles. The third-order valence-electron chi connectivity index (χ3n) is 3.24. The van der Waals surface area contributed by atoms with Crippen LogP contribution < -0.4 is 10.6 Å². The van der Waals surface area contributed by atoms with Crippen LogP contribution in [0.4, 0.5) is 5.82 Å². The first-order chi connectivity index (χ1) is 11.7. The lowest BCUT2D eigenvalue weighted by Gasteiger charge is -2.05. The van der Waals surface area contributed by atoms with Gasteiger partial charge in [-0.05, 0) is 18.2 Å². The molecule has 1 aromatic carbocycles. The van der Waals surface area contributed by atoms with Crippen LogP contribution in [0.3, 0.4) is 0 Å². The molecule has 0 spiro atoms. The van der Waals surface area contributed by atoms with Crippen LogP contribution in [-0.2, 0) is 0 Å². The van der Waals surface area contributed by atoms with Crippen molar-refractivity contribution >= 4 is 27.7 Å². The average Bonchev–Trinajstić information content (AvgIpc) is 3.10. The summed E-state index contributed by atoms with van der Waals surface area (Å²) in [6.45, 7) is 1.01. The number of rotatable bonds is 6. The summed E-state index contributed by atoms with van der Waals surface area (Å²) in [6, 6.07) is 9.47. The summed E-state index contributed by atoms with van der Waals surface area (Å²) in [6.07, 6.45) is 4.84. The lowest BCUT2D eigenvalue weighted by Crippen LogP contribution is -2.29. The molecule has 0 aliphatic rings. The van der Waals surface area contributed by atoms with E-state index in [0.29, 0.717) is 24.6 Å². The van der Waals surface area contributed by atoms with Gasteiger partial charge in [0.2, 0.25) is 0 Å². The van der Waals surface area contributed by atoms with E-state index in [0.717, 1.165) is 15.7 Å². The van der Waals surface area contributed by atoms with Gasteiger partial charge in [0.25, 0.3) is 5.91 Å². The molecule has 3 N–H and O–H groups in total. The Hall–Kier alpha value is -2.74. The summed E-state index contributed by atoms with van der Waals surface area (Å²) < 4.78 is 0.996. The van der Waals surface area contributed by atoms with Crippen molar-refractivity contribution in [2.45, 2.75) is 0 Å². The van der Waals surface area contributed by atoms with Crippen molar-refractivity contribution < 1.29 is 4.79 Å². The van der Waals surface area contributed by atoms with Crippen molar-refractivity contribution in [3.05, 3.63) is 59.1 Å². The van der Waals surface area contributed by atoms with E-state index >= 15 is 0 Å². The third-order valence-corrected chi connectivity index (χ3v) is 3.77. The fourth-order valence-electron chi connectivity index (χ4n) is 2.06. The zero-order valence-corrected chi connectivity index (χ0v) is 14.2. The molecule has 0 bridgehead atoms. The Morgan fingerprint density at radius 3 is 2.75 bits per heavy atom. The standard InChI is InChI=1S/C16H15BrN6O/c17-12-3-1-11(2-4-12)13-9-14(23-22-13)16(24)21-8-7-20-15-10-18-5-6-19-15/h1-6,9-10H,7-8H2,(H,19,20)(H,21,24)(H,22,23). The van der Waals surface area contributed by atoms with E-state index in [1.54, 1.807) is 24.7 Å². The van der Waals surface area contributed by atoms with Gasteiger partial charge in [0.1, 0.15) is 11.5 Å². The lowest BCUT2D eigenvalue weighted by atomic mass is 10.1. The minimum atomic E-state index is -0.202. The first-order valence-corrected chi connectivity index (χ1v) is 8.11. The van der Waals surface area contributed by atoms with Crippen LogP contribution >= 0.6 is 15.9 Å². The van der Waals surface area contributed by atoms with Crippen LogP contribution in [0.1, 0.15) is 10.5 Å². The number of nitrogens with zero attached hydrogens (tertiary/aromatic N) is 3. The van der Waals surface area contributed by atoms with E-state index in [-0.39, 0.29) is 5.91 Å². The van der Waals surface area contributed by atoms with Gasteiger partial charge in [-0.3, -0.25) is 14.9 Å². The molecule has 8 heteroatoms. The third kappa shape index (κ3) is 4.17. The van der Waals surface area contributed by atoms with E-state index < -0.39 is 0 Å². The second kappa shape index (κ2) is 7.69. The number of hydrogen-bond donors (Lipinski definition) is 3. The molecule has 0 unspecified atom stereocenters. The van der Waals surface area contributed by atoms with Crippen LogP contribution in [0.15, 0.2) is 53.4 Å². The van der Waals surface area contributed by atoms with Gasteiger partial charge >= 0.3 is 0 Å². The van der Waals surface area contributed by atoms with E-state index in [4.69, 9.17) is 0 Å². The summed E-state index contributed by atoms with van der Waals surface area (Å²) in [7, 11) is 0. The Morgan fingerprint density at radius 1 is 1.17 bits per heavy atom. The van der Waals surface area contributed by atoms with Gasteiger partial charge in [-0.1, -0.05) is 28.1 Å². The number of hydrogen-bond acceptors (Lipinski definition) is 5. The molecule has 0 aliphatic carbocycles. The lowest BCUT2D eigenvalue weighted by molar-refractivity contribution is 0.0950. The highest BCUT2D eigenvalue weighted by Crippen LogP contribution is 2.20. The number of benzene rings is 1. The fourth-order valence-corrected chi connectivity index (χ4v) is 2.32. The maximum Gasteiger partial charge on any atom is 0.269 e. The van der Waals surface area contributed by atoms with Crippen molar-refractivity contribution in [1.29, 1.82) is 0 Å². The van der Waals surface area contributed by atoms with Crippen LogP contribution in [0.5, 0.6) is 0 Å². The largest absolute Gasteiger partial charge is 0.367 e. The predicted octanol–water partition coefficient (Wildman–Crippen LogP) is 2.47. The molecular weight excluding hydrogens is 372 g/mol. The molecule has 122 valence electrons. The van der Waals surface area contributed by atoms with E-state index in [1.807, 2.05) is 24.3 Å². The summed E-state index contributed by atoms with van der Waals surface area (Å²) in [5.41, 5.74) is 2.09. The highest BCUT2D eigenvalue weighted by molar-refractivity contribution is 9.10. The highest BCUT2D eigenvalue weighted by atomic mass is 79.9. The minimum Gasteiger partial charge on any atom is -0.367 e. The Kier molecular flexibility index (Phi) is 5.17. The second-order valence-corrected chi connectivity index (χ2v) is 5.86. The van der Waals surface area contributed by atoms with Gasteiger partial charge in [-0.15, -0.1) is 0 Å². The SMILES string of the molecule is O=C(NCCNc1cnccn1)c1cc(-c2ccc(Br)cc2)n[nH]1. The van der Waals surface area contributed by atoms with Crippen molar-refractivity contribution in [1.82, 2.24) is 25.5 Å². The molecule has 0 fully saturated rings. The van der Waals surface area contributed by atoms with E-state index in [2.05, 4.69) is 46.7 Å². The van der Waals surface area contributed by atoms with Gasteiger partial charge in [0.05, 0.1) is 11.9 Å². The molecular formula is C16H15BrN6O. The van der Waals surface area contributed by atoms with Gasteiger partial charge < -0.3 is 10.6 Å². The molecule has 2 heterocycles. The number of anilines is 1. The fraction of sp³-hybridized carbons (Fsp3) is 0.125. The summed E-state index contributed by atoms with van der Waals surface area (Å²) in [5, 5.41) is 12.8. The van der Waals surface area contributed by atoms with Crippen molar-refractivity contribution in [3.8, 4) is 11.3 Å². The summed E-state index contributed by atoms with van der Waals surface area (Å²) >= 11 is 3.39. The maximum atomic E-state index is 12.1. The Morgan fingerprint density at radius 2 is 2.00 bits per heavy atom. The number of carbonyl (C=O) groups is 1. The van der Waals surface area contributed by atoms with Crippen molar-refractivity contribution in [2.24, 2.45) is 0 Å². The zero-order valence-electron chi connectivity index (χ0n) is 12.7. The van der Waals surface area contributed by atoms with Gasteiger partial charge in [-0.25, -0.2) is 4.98 Å². The Labute approximate surface area is 147 Å². The Bertz CT molecular complexity index is 803. The maximum absolute atomic E-state index is 12.1. The van der Waals surface area contributed by atoms with Crippen LogP contribution in [0.25, 0.3) is 11.3 Å². The van der Waals surface area contributed by atoms with E-state index in [9.17, 15) is 4.79 Å². The normalized spacial score (nSPS) is 10.4. The zero-order chi connectivity index (χ0) is 16.8. The van der Waals surface area contributed by atoms with Crippen molar-refractivity contribution in [2.75, 3.05) is 18.4 Å². The van der Waals surface area contributed by atoms with Crippen LogP contribution in [0, 0.1) is 0 Å². The van der Waals surface area contributed by atoms with Gasteiger partial charge in [0, 0.05) is 35.5 Å². The van der Waals surface area contributed by atoms with Crippen molar-refractivity contribution in [3.63, 3.8) is 0 Å². The van der Waals surface area contributed by atoms with Gasteiger partial charge in [-0.2, -0.15) is 5.10 Å². The highest BCUT2D eigenvalue weighted by Gasteiger charge is 2.10. The first kappa shape index (κ1) is 16.1. The van der Waals surface area contributed by atoms with E-state index in [1.165, 1.54) is 0 Å². The first-order valence-electron chi connectivity index (χ1n) is 7.32. The molecule has 0 atom stereocenters. The number of aromatic amines is 1. The number of nitrogens with one attached hydrogen (secondary N) is 3. The summed E-state index contributed by atoms with van der Waals surface area (Å²) in [4.78, 5) is 20.2. The second-order valence-electron chi connectivity index (χ2n) is 4.95. The molecule has 3 aromatic rings. The molecule has 0 saturated carbocycles. The smallest absolute Gasteiger partial charge is 0.269 e. The van der Waals surface area contributed by atoms with Crippen LogP contribution in [0.2, 0.25) is 0 Å². The molecule has 0 radical (unpaired) electrons. The quantitative estimate of drug-likeness (QED) is 0.565. The molecule has 0 aliphatic heterocycles. The molecule has 2 aromatic heterocycles. The topological polar surface area (TPSA) is 95.6 Å². The number of aromatic nitrogens is 4. The predicted molar refractivity (Wildman–Crippen MR) is 94.6 cm³/mol. The molecule has 24 heavy (non-hydrogen) atoms. The number of amides is 1. The molecule has 7 nitrogen and oxygen atoms in total. The number of carbonyl (C=O) groups excluding carboxylic acids is 1. The van der Waals surface area contributed by atoms with Crippen LogP contribution in [-0.4, -0.2) is 39.2 Å². The molecule has 1 amide bonds. The number of H-pyrrole nitrogens is 1. The average molecular weight is 387 g/mol. The van der Waals surface area contributed by atoms with Gasteiger partial charge in [0.15, 0.2) is 0 Å². The molecule has 3 rings (SSSR count). The number of halogens is 1. The minimum absolute atomic E-state index is 0.202. The monoisotopic (exact) mass is 386 g/mol.